The Bertz CT molecular complexity index is 350. The summed E-state index contributed by atoms with van der Waals surface area (Å²) in [4.78, 5) is 15.4. The van der Waals surface area contributed by atoms with Crippen molar-refractivity contribution in [3.63, 3.8) is 0 Å². The van der Waals surface area contributed by atoms with Gasteiger partial charge in [-0.15, -0.1) is 11.3 Å². The molecule has 1 aliphatic rings. The number of carbonyl (C=O) groups is 1. The summed E-state index contributed by atoms with van der Waals surface area (Å²) in [5, 5.41) is 2.15. The summed E-state index contributed by atoms with van der Waals surface area (Å²) < 4.78 is 0. The van der Waals surface area contributed by atoms with Crippen LogP contribution >= 0.6 is 11.3 Å². The lowest BCUT2D eigenvalue weighted by Gasteiger charge is -2.33. The lowest BCUT2D eigenvalue weighted by atomic mass is 9.92. The maximum Gasteiger partial charge on any atom is 0.225 e. The number of hydrogen-bond donors (Lipinski definition) is 0. The van der Waals surface area contributed by atoms with Crippen LogP contribution in [0.15, 0.2) is 17.5 Å². The van der Waals surface area contributed by atoms with E-state index in [4.69, 9.17) is 0 Å². The molecule has 0 bridgehead atoms. The number of likely N-dealkylation sites (tertiary alicyclic amines) is 1. The van der Waals surface area contributed by atoms with Gasteiger partial charge >= 0.3 is 0 Å². The second kappa shape index (κ2) is 5.67. The van der Waals surface area contributed by atoms with Crippen LogP contribution in [0.25, 0.3) is 0 Å². The summed E-state index contributed by atoms with van der Waals surface area (Å²) >= 11 is 1.85. The minimum atomic E-state index is 0.142. The van der Waals surface area contributed by atoms with E-state index in [2.05, 4.69) is 17.5 Å². The fourth-order valence-electron chi connectivity index (χ4n) is 2.44. The Balaban J connectivity index is 1.80. The van der Waals surface area contributed by atoms with E-state index in [1.807, 2.05) is 30.1 Å². The van der Waals surface area contributed by atoms with Crippen molar-refractivity contribution >= 4 is 17.2 Å². The van der Waals surface area contributed by atoms with Crippen molar-refractivity contribution in [3.05, 3.63) is 22.4 Å². The summed E-state index contributed by atoms with van der Waals surface area (Å²) in [7, 11) is 0. The second-order valence-corrected chi connectivity index (χ2v) is 6.24. The maximum atomic E-state index is 11.8. The molecule has 0 N–H and O–H groups in total. The molecular formula is C14H21NOS. The average molecular weight is 251 g/mol. The van der Waals surface area contributed by atoms with Gasteiger partial charge in [0.15, 0.2) is 0 Å². The van der Waals surface area contributed by atoms with E-state index in [1.54, 1.807) is 0 Å². The number of rotatable bonds is 3. The Morgan fingerprint density at radius 2 is 2.18 bits per heavy atom. The smallest absolute Gasteiger partial charge is 0.225 e. The van der Waals surface area contributed by atoms with Crippen molar-refractivity contribution in [1.82, 2.24) is 4.90 Å². The van der Waals surface area contributed by atoms with Crippen molar-refractivity contribution < 1.29 is 4.79 Å². The number of amides is 1. The van der Waals surface area contributed by atoms with Gasteiger partial charge in [-0.25, -0.2) is 0 Å². The van der Waals surface area contributed by atoms with Gasteiger partial charge in [-0.2, -0.15) is 0 Å². The highest BCUT2D eigenvalue weighted by atomic mass is 32.1. The standard InChI is InChI=1S/C14H21NOS/c1-11(2)14(16)15-7-5-12(6-8-15)10-13-4-3-9-17-13/h3-4,9,11-12H,5-8,10H2,1-2H3. The zero-order valence-corrected chi connectivity index (χ0v) is 11.5. The van der Waals surface area contributed by atoms with E-state index in [0.29, 0.717) is 5.91 Å². The van der Waals surface area contributed by atoms with Crippen LogP contribution in [0.1, 0.15) is 31.6 Å². The van der Waals surface area contributed by atoms with Crippen LogP contribution < -0.4 is 0 Å². The summed E-state index contributed by atoms with van der Waals surface area (Å²) in [5.41, 5.74) is 0. The number of nitrogens with zero attached hydrogens (tertiary/aromatic N) is 1. The highest BCUT2D eigenvalue weighted by molar-refractivity contribution is 7.09. The predicted molar refractivity (Wildman–Crippen MR) is 72.2 cm³/mol. The van der Waals surface area contributed by atoms with Crippen LogP contribution in [0.3, 0.4) is 0 Å². The normalized spacial score (nSPS) is 17.7. The molecule has 2 nitrogen and oxygen atoms in total. The molecular weight excluding hydrogens is 230 g/mol. The van der Waals surface area contributed by atoms with E-state index >= 15 is 0 Å². The molecule has 0 unspecified atom stereocenters. The number of piperidine rings is 1. The number of hydrogen-bond acceptors (Lipinski definition) is 2. The lowest BCUT2D eigenvalue weighted by Crippen LogP contribution is -2.40. The molecule has 1 aliphatic heterocycles. The van der Waals surface area contributed by atoms with E-state index < -0.39 is 0 Å². The molecule has 1 aromatic heterocycles. The van der Waals surface area contributed by atoms with Crippen molar-refractivity contribution in [1.29, 1.82) is 0 Å². The van der Waals surface area contributed by atoms with Gasteiger partial charge in [0.2, 0.25) is 5.91 Å². The first-order chi connectivity index (χ1) is 8.16. The van der Waals surface area contributed by atoms with Gasteiger partial charge in [0.05, 0.1) is 0 Å². The molecule has 1 fully saturated rings. The highest BCUT2D eigenvalue weighted by Gasteiger charge is 2.24. The molecule has 3 heteroatoms. The Hall–Kier alpha value is -0.830. The summed E-state index contributed by atoms with van der Waals surface area (Å²) in [6.07, 6.45) is 3.52. The van der Waals surface area contributed by atoms with Gasteiger partial charge in [0.1, 0.15) is 0 Å². The molecule has 2 rings (SSSR count). The van der Waals surface area contributed by atoms with Crippen LogP contribution in [0, 0.1) is 11.8 Å². The number of carbonyl (C=O) groups excluding carboxylic acids is 1. The van der Waals surface area contributed by atoms with Gasteiger partial charge in [-0.05, 0) is 36.6 Å². The third-order valence-corrected chi connectivity index (χ3v) is 4.39. The lowest BCUT2D eigenvalue weighted by molar-refractivity contribution is -0.135. The van der Waals surface area contributed by atoms with Crippen LogP contribution in [0.5, 0.6) is 0 Å². The molecule has 1 amide bonds. The fraction of sp³-hybridized carbons (Fsp3) is 0.643. The minimum absolute atomic E-state index is 0.142. The van der Waals surface area contributed by atoms with Gasteiger partial charge in [-0.3, -0.25) is 4.79 Å². The van der Waals surface area contributed by atoms with Gasteiger partial charge < -0.3 is 4.90 Å². The molecule has 0 spiro atoms. The first-order valence-electron chi connectivity index (χ1n) is 6.48. The van der Waals surface area contributed by atoms with Crippen LogP contribution in [-0.4, -0.2) is 23.9 Å². The molecule has 1 saturated heterocycles. The monoisotopic (exact) mass is 251 g/mol. The molecule has 94 valence electrons. The van der Waals surface area contributed by atoms with Crippen LogP contribution in [-0.2, 0) is 11.2 Å². The van der Waals surface area contributed by atoms with Crippen molar-refractivity contribution in [2.24, 2.45) is 11.8 Å². The van der Waals surface area contributed by atoms with Gasteiger partial charge in [0, 0.05) is 23.9 Å². The van der Waals surface area contributed by atoms with Crippen molar-refractivity contribution in [3.8, 4) is 0 Å². The Kier molecular flexibility index (Phi) is 4.21. The van der Waals surface area contributed by atoms with Crippen molar-refractivity contribution in [2.75, 3.05) is 13.1 Å². The van der Waals surface area contributed by atoms with Crippen LogP contribution in [0.4, 0.5) is 0 Å². The maximum absolute atomic E-state index is 11.8. The molecule has 0 radical (unpaired) electrons. The third-order valence-electron chi connectivity index (χ3n) is 3.49. The topological polar surface area (TPSA) is 20.3 Å². The highest BCUT2D eigenvalue weighted by Crippen LogP contribution is 2.24. The zero-order valence-electron chi connectivity index (χ0n) is 10.7. The SMILES string of the molecule is CC(C)C(=O)N1CCC(Cc2cccs2)CC1. The van der Waals surface area contributed by atoms with E-state index in [1.165, 1.54) is 11.3 Å². The summed E-state index contributed by atoms with van der Waals surface area (Å²) in [5.74, 6) is 1.23. The Morgan fingerprint density at radius 1 is 1.47 bits per heavy atom. The molecule has 0 saturated carbocycles. The zero-order chi connectivity index (χ0) is 12.3. The summed E-state index contributed by atoms with van der Waals surface area (Å²) in [6, 6.07) is 4.34. The largest absolute Gasteiger partial charge is 0.342 e. The molecule has 0 atom stereocenters. The molecule has 0 aliphatic carbocycles. The van der Waals surface area contributed by atoms with Crippen LogP contribution in [0.2, 0.25) is 0 Å². The van der Waals surface area contributed by atoms with E-state index in [-0.39, 0.29) is 5.92 Å². The molecule has 2 heterocycles. The van der Waals surface area contributed by atoms with E-state index in [9.17, 15) is 4.79 Å². The first kappa shape index (κ1) is 12.6. The first-order valence-corrected chi connectivity index (χ1v) is 7.36. The number of thiophene rings is 1. The van der Waals surface area contributed by atoms with Crippen molar-refractivity contribution in [2.45, 2.75) is 33.1 Å². The van der Waals surface area contributed by atoms with Gasteiger partial charge in [-0.1, -0.05) is 19.9 Å². The Morgan fingerprint density at radius 3 is 2.71 bits per heavy atom. The third kappa shape index (κ3) is 3.32. The van der Waals surface area contributed by atoms with E-state index in [0.717, 1.165) is 31.8 Å². The Labute approximate surface area is 108 Å². The minimum Gasteiger partial charge on any atom is -0.342 e. The second-order valence-electron chi connectivity index (χ2n) is 5.21. The summed E-state index contributed by atoms with van der Waals surface area (Å²) in [6.45, 7) is 5.88. The fourth-order valence-corrected chi connectivity index (χ4v) is 3.26. The quantitative estimate of drug-likeness (QED) is 0.808. The molecule has 17 heavy (non-hydrogen) atoms. The predicted octanol–water partition coefficient (Wildman–Crippen LogP) is 3.19. The molecule has 1 aromatic rings. The molecule has 0 aromatic carbocycles. The average Bonchev–Trinajstić information content (AvgIpc) is 2.82. The van der Waals surface area contributed by atoms with Gasteiger partial charge in [0.25, 0.3) is 0 Å².